The van der Waals surface area contributed by atoms with E-state index in [1.807, 2.05) is 22.8 Å². The van der Waals surface area contributed by atoms with E-state index in [4.69, 9.17) is 9.47 Å². The second kappa shape index (κ2) is 5.28. The van der Waals surface area contributed by atoms with Gasteiger partial charge in [-0.3, -0.25) is 0 Å². The Labute approximate surface area is 124 Å². The zero-order valence-corrected chi connectivity index (χ0v) is 12.5. The summed E-state index contributed by atoms with van der Waals surface area (Å²) in [7, 11) is 0. The maximum Gasteiger partial charge on any atom is 0.358 e. The molecule has 1 aromatic heterocycles. The molecule has 1 aliphatic heterocycles. The molecule has 5 nitrogen and oxygen atoms in total. The molecule has 0 fully saturated rings. The van der Waals surface area contributed by atoms with Gasteiger partial charge in [0.25, 0.3) is 0 Å². The van der Waals surface area contributed by atoms with Gasteiger partial charge >= 0.3 is 5.97 Å². The van der Waals surface area contributed by atoms with Gasteiger partial charge in [0.2, 0.25) is 0 Å². The number of benzene rings is 1. The van der Waals surface area contributed by atoms with Crippen LogP contribution in [0.1, 0.15) is 17.4 Å². The van der Waals surface area contributed by atoms with Crippen molar-refractivity contribution in [2.45, 2.75) is 13.5 Å². The van der Waals surface area contributed by atoms with Crippen LogP contribution >= 0.6 is 15.9 Å². The first-order valence-electron chi connectivity index (χ1n) is 6.36. The third-order valence-corrected chi connectivity index (χ3v) is 3.53. The standard InChI is InChI=1S/C14H13BrN2O3/c1-2-19-14(18)11-8-17-5-6-20-12-4-3-9(15)7-10(12)13(17)16-11/h3-4,7-8H,2,5-6H2,1H3. The van der Waals surface area contributed by atoms with Crippen LogP contribution in [0.25, 0.3) is 11.4 Å². The van der Waals surface area contributed by atoms with E-state index in [0.717, 1.165) is 21.6 Å². The topological polar surface area (TPSA) is 53.4 Å². The van der Waals surface area contributed by atoms with E-state index in [1.165, 1.54) is 0 Å². The molecule has 3 rings (SSSR count). The number of rotatable bonds is 2. The van der Waals surface area contributed by atoms with Crippen LogP contribution in [-0.4, -0.2) is 28.7 Å². The fourth-order valence-electron chi connectivity index (χ4n) is 2.16. The normalized spacial score (nSPS) is 12.9. The monoisotopic (exact) mass is 336 g/mol. The van der Waals surface area contributed by atoms with Crippen molar-refractivity contribution in [3.05, 3.63) is 34.6 Å². The van der Waals surface area contributed by atoms with Gasteiger partial charge in [0, 0.05) is 10.7 Å². The first kappa shape index (κ1) is 13.2. The first-order chi connectivity index (χ1) is 9.69. The number of fused-ring (bicyclic) bond motifs is 3. The fraction of sp³-hybridized carbons (Fsp3) is 0.286. The van der Waals surface area contributed by atoms with Gasteiger partial charge in [0.05, 0.1) is 18.7 Å². The van der Waals surface area contributed by atoms with Crippen LogP contribution in [0.2, 0.25) is 0 Å². The summed E-state index contributed by atoms with van der Waals surface area (Å²) < 4.78 is 13.5. The van der Waals surface area contributed by atoms with Crippen molar-refractivity contribution >= 4 is 21.9 Å². The van der Waals surface area contributed by atoms with E-state index in [-0.39, 0.29) is 0 Å². The molecule has 0 radical (unpaired) electrons. The van der Waals surface area contributed by atoms with Crippen LogP contribution in [0.5, 0.6) is 5.75 Å². The van der Waals surface area contributed by atoms with Crippen molar-refractivity contribution in [3.63, 3.8) is 0 Å². The predicted octanol–water partition coefficient (Wildman–Crippen LogP) is 2.88. The maximum absolute atomic E-state index is 11.8. The van der Waals surface area contributed by atoms with Crippen LogP contribution in [-0.2, 0) is 11.3 Å². The van der Waals surface area contributed by atoms with Gasteiger partial charge in [0.1, 0.15) is 18.2 Å². The third-order valence-electron chi connectivity index (χ3n) is 3.03. The molecule has 2 heterocycles. The molecule has 0 aliphatic carbocycles. The largest absolute Gasteiger partial charge is 0.491 e. The molecule has 2 aromatic rings. The summed E-state index contributed by atoms with van der Waals surface area (Å²) in [5.74, 6) is 1.10. The zero-order chi connectivity index (χ0) is 14.1. The van der Waals surface area contributed by atoms with E-state index >= 15 is 0 Å². The SMILES string of the molecule is CCOC(=O)c1cn2c(n1)-c1cc(Br)ccc1OCC2. The Bertz CT molecular complexity index is 666. The lowest BCUT2D eigenvalue weighted by Gasteiger charge is -2.06. The number of carbonyl (C=O) groups excluding carboxylic acids is 1. The minimum Gasteiger partial charge on any atom is -0.491 e. The lowest BCUT2D eigenvalue weighted by molar-refractivity contribution is 0.0520. The molecule has 1 aromatic carbocycles. The summed E-state index contributed by atoms with van der Waals surface area (Å²) in [5, 5.41) is 0. The van der Waals surface area contributed by atoms with E-state index in [1.54, 1.807) is 13.1 Å². The number of hydrogen-bond donors (Lipinski definition) is 0. The molecule has 0 amide bonds. The Morgan fingerprint density at radius 1 is 1.55 bits per heavy atom. The number of imidazole rings is 1. The Morgan fingerprint density at radius 3 is 3.20 bits per heavy atom. The van der Waals surface area contributed by atoms with Gasteiger partial charge in [-0.2, -0.15) is 0 Å². The summed E-state index contributed by atoms with van der Waals surface area (Å²) in [5.41, 5.74) is 1.20. The van der Waals surface area contributed by atoms with E-state index in [2.05, 4.69) is 20.9 Å². The molecular formula is C14H13BrN2O3. The van der Waals surface area contributed by atoms with Gasteiger partial charge in [0.15, 0.2) is 5.69 Å². The Hall–Kier alpha value is -1.82. The highest BCUT2D eigenvalue weighted by molar-refractivity contribution is 9.10. The van der Waals surface area contributed by atoms with Gasteiger partial charge in [-0.1, -0.05) is 15.9 Å². The second-order valence-electron chi connectivity index (χ2n) is 4.35. The number of ether oxygens (including phenoxy) is 2. The Kier molecular flexibility index (Phi) is 3.48. The fourth-order valence-corrected chi connectivity index (χ4v) is 2.52. The van der Waals surface area contributed by atoms with E-state index in [9.17, 15) is 4.79 Å². The number of halogens is 1. The van der Waals surface area contributed by atoms with Gasteiger partial charge in [-0.05, 0) is 25.1 Å². The average Bonchev–Trinajstić information content (AvgIpc) is 2.78. The molecule has 0 saturated carbocycles. The van der Waals surface area contributed by atoms with Gasteiger partial charge in [-0.15, -0.1) is 0 Å². The number of hydrogen-bond acceptors (Lipinski definition) is 4. The molecule has 0 bridgehead atoms. The smallest absolute Gasteiger partial charge is 0.358 e. The summed E-state index contributed by atoms with van der Waals surface area (Å²) in [6.07, 6.45) is 1.71. The lowest BCUT2D eigenvalue weighted by Crippen LogP contribution is -2.06. The summed E-state index contributed by atoms with van der Waals surface area (Å²) in [4.78, 5) is 16.2. The summed E-state index contributed by atoms with van der Waals surface area (Å²) in [6, 6.07) is 5.76. The highest BCUT2D eigenvalue weighted by Crippen LogP contribution is 2.34. The number of carbonyl (C=O) groups is 1. The molecule has 104 valence electrons. The summed E-state index contributed by atoms with van der Waals surface area (Å²) in [6.45, 7) is 3.31. The molecule has 20 heavy (non-hydrogen) atoms. The molecule has 0 unspecified atom stereocenters. The molecule has 0 spiro atoms. The van der Waals surface area contributed by atoms with Crippen molar-refractivity contribution in [1.82, 2.24) is 9.55 Å². The molecule has 0 atom stereocenters. The quantitative estimate of drug-likeness (QED) is 0.791. The predicted molar refractivity (Wildman–Crippen MR) is 76.8 cm³/mol. The van der Waals surface area contributed by atoms with Crippen molar-refractivity contribution in [3.8, 4) is 17.1 Å². The Balaban J connectivity index is 2.09. The van der Waals surface area contributed by atoms with Crippen LogP contribution in [0.3, 0.4) is 0 Å². The molecular weight excluding hydrogens is 324 g/mol. The first-order valence-corrected chi connectivity index (χ1v) is 7.15. The average molecular weight is 337 g/mol. The van der Waals surface area contributed by atoms with Crippen LogP contribution < -0.4 is 4.74 Å². The zero-order valence-electron chi connectivity index (χ0n) is 10.9. The van der Waals surface area contributed by atoms with Crippen LogP contribution in [0.4, 0.5) is 0 Å². The van der Waals surface area contributed by atoms with Crippen molar-refractivity contribution in [2.75, 3.05) is 13.2 Å². The molecule has 6 heteroatoms. The van der Waals surface area contributed by atoms with Gasteiger partial charge in [-0.25, -0.2) is 9.78 Å². The van der Waals surface area contributed by atoms with E-state index in [0.29, 0.717) is 25.5 Å². The highest BCUT2D eigenvalue weighted by Gasteiger charge is 2.21. The number of esters is 1. The summed E-state index contributed by atoms with van der Waals surface area (Å²) >= 11 is 3.44. The van der Waals surface area contributed by atoms with E-state index < -0.39 is 5.97 Å². The van der Waals surface area contributed by atoms with Crippen LogP contribution in [0.15, 0.2) is 28.9 Å². The minimum atomic E-state index is -0.398. The van der Waals surface area contributed by atoms with Crippen molar-refractivity contribution in [1.29, 1.82) is 0 Å². The number of aromatic nitrogens is 2. The molecule has 0 saturated heterocycles. The molecule has 0 N–H and O–H groups in total. The minimum absolute atomic E-state index is 0.328. The maximum atomic E-state index is 11.8. The lowest BCUT2D eigenvalue weighted by atomic mass is 10.2. The van der Waals surface area contributed by atoms with Gasteiger partial charge < -0.3 is 14.0 Å². The third kappa shape index (κ3) is 2.31. The van der Waals surface area contributed by atoms with Crippen LogP contribution in [0, 0.1) is 0 Å². The number of nitrogens with zero attached hydrogens (tertiary/aromatic N) is 2. The second-order valence-corrected chi connectivity index (χ2v) is 5.27. The molecule has 1 aliphatic rings. The van der Waals surface area contributed by atoms with Crippen molar-refractivity contribution < 1.29 is 14.3 Å². The highest BCUT2D eigenvalue weighted by atomic mass is 79.9. The Morgan fingerprint density at radius 2 is 2.40 bits per heavy atom. The van der Waals surface area contributed by atoms with Crippen molar-refractivity contribution in [2.24, 2.45) is 0 Å².